The maximum absolute atomic E-state index is 13.1. The van der Waals surface area contributed by atoms with Gasteiger partial charge in [0.1, 0.15) is 11.6 Å². The van der Waals surface area contributed by atoms with Crippen LogP contribution in [0.25, 0.3) is 22.0 Å². The van der Waals surface area contributed by atoms with E-state index >= 15 is 0 Å². The van der Waals surface area contributed by atoms with Gasteiger partial charge >= 0.3 is 0 Å². The zero-order valence-corrected chi connectivity index (χ0v) is 12.8. The average Bonchev–Trinajstić information content (AvgIpc) is 2.74. The molecule has 2 aromatic carbocycles. The van der Waals surface area contributed by atoms with Gasteiger partial charge in [0.05, 0.1) is 11.2 Å². The van der Waals surface area contributed by atoms with Crippen LogP contribution < -0.4 is 0 Å². The second-order valence-electron chi connectivity index (χ2n) is 5.70. The number of halogens is 1. The molecule has 5 heteroatoms. The van der Waals surface area contributed by atoms with Crippen LogP contribution in [-0.2, 0) is 13.6 Å². The van der Waals surface area contributed by atoms with Crippen molar-refractivity contribution in [1.82, 2.24) is 14.7 Å². The van der Waals surface area contributed by atoms with E-state index in [1.807, 2.05) is 44.0 Å². The molecule has 114 valence electrons. The molecule has 0 atom stereocenters. The molecular formula is C17H18FN3O. The van der Waals surface area contributed by atoms with Crippen molar-refractivity contribution in [2.75, 3.05) is 14.1 Å². The zero-order chi connectivity index (χ0) is 15.9. The van der Waals surface area contributed by atoms with E-state index in [1.54, 1.807) is 6.07 Å². The smallest absolute Gasteiger partial charge is 0.126 e. The Morgan fingerprint density at radius 1 is 1.18 bits per heavy atom. The van der Waals surface area contributed by atoms with Crippen LogP contribution in [0.5, 0.6) is 5.75 Å². The van der Waals surface area contributed by atoms with Crippen molar-refractivity contribution >= 4 is 10.9 Å². The lowest BCUT2D eigenvalue weighted by molar-refractivity contribution is 0.396. The number of phenolic OH excluding ortho intramolecular Hbond substituents is 1. The first-order chi connectivity index (χ1) is 10.5. The molecule has 3 rings (SSSR count). The number of nitrogens with zero attached hydrogens (tertiary/aromatic N) is 3. The lowest BCUT2D eigenvalue weighted by Crippen LogP contribution is -2.11. The maximum atomic E-state index is 13.1. The van der Waals surface area contributed by atoms with Crippen LogP contribution in [0.1, 0.15) is 5.69 Å². The van der Waals surface area contributed by atoms with Crippen molar-refractivity contribution in [3.05, 3.63) is 47.9 Å². The van der Waals surface area contributed by atoms with Gasteiger partial charge in [-0.25, -0.2) is 4.39 Å². The molecule has 0 amide bonds. The van der Waals surface area contributed by atoms with Crippen molar-refractivity contribution in [3.8, 4) is 16.9 Å². The van der Waals surface area contributed by atoms with Gasteiger partial charge < -0.3 is 10.0 Å². The first kappa shape index (κ1) is 14.5. The third-order valence-corrected chi connectivity index (χ3v) is 3.66. The number of benzene rings is 2. The molecule has 0 saturated heterocycles. The lowest BCUT2D eigenvalue weighted by atomic mass is 10.0. The minimum Gasteiger partial charge on any atom is -0.507 e. The van der Waals surface area contributed by atoms with Crippen LogP contribution in [0.4, 0.5) is 4.39 Å². The summed E-state index contributed by atoms with van der Waals surface area (Å²) in [6.45, 7) is 0.732. The Morgan fingerprint density at radius 2 is 1.95 bits per heavy atom. The molecule has 0 spiro atoms. The van der Waals surface area contributed by atoms with E-state index < -0.39 is 5.82 Å². The summed E-state index contributed by atoms with van der Waals surface area (Å²) in [6, 6.07) is 9.95. The molecule has 4 nitrogen and oxygen atoms in total. The summed E-state index contributed by atoms with van der Waals surface area (Å²) in [5.41, 5.74) is 3.47. The molecule has 0 aliphatic heterocycles. The summed E-state index contributed by atoms with van der Waals surface area (Å²) in [4.78, 5) is 2.06. The van der Waals surface area contributed by atoms with Gasteiger partial charge in [0, 0.05) is 30.6 Å². The Morgan fingerprint density at radius 3 is 2.64 bits per heavy atom. The molecule has 0 unspecified atom stereocenters. The summed E-state index contributed by atoms with van der Waals surface area (Å²) in [5.74, 6) is -0.505. The van der Waals surface area contributed by atoms with E-state index in [0.29, 0.717) is 5.56 Å². The minimum absolute atomic E-state index is 0.0580. The Balaban J connectivity index is 2.16. The topological polar surface area (TPSA) is 41.3 Å². The van der Waals surface area contributed by atoms with Gasteiger partial charge in [-0.05, 0) is 43.9 Å². The number of rotatable bonds is 3. The van der Waals surface area contributed by atoms with Crippen molar-refractivity contribution in [3.63, 3.8) is 0 Å². The van der Waals surface area contributed by atoms with Crippen LogP contribution in [0.3, 0.4) is 0 Å². The fraction of sp³-hybridized carbons (Fsp3) is 0.235. The van der Waals surface area contributed by atoms with Crippen molar-refractivity contribution in [1.29, 1.82) is 0 Å². The molecule has 1 aromatic heterocycles. The first-order valence-corrected chi connectivity index (χ1v) is 7.05. The number of aromatic hydroxyl groups is 1. The molecule has 1 heterocycles. The molecule has 0 aliphatic rings. The standard InChI is InChI=1S/C17H18FN3O/c1-20(2)10-15-14-8-11(4-7-16(14)21(3)19-15)13-6-5-12(18)9-17(13)22/h4-9,22H,10H2,1-3H3. The minimum atomic E-state index is -0.447. The van der Waals surface area contributed by atoms with E-state index in [2.05, 4.69) is 10.00 Å². The second-order valence-corrected chi connectivity index (χ2v) is 5.70. The Hall–Kier alpha value is -2.40. The van der Waals surface area contributed by atoms with E-state index in [1.165, 1.54) is 6.07 Å². The highest BCUT2D eigenvalue weighted by Crippen LogP contribution is 2.32. The number of phenols is 1. The number of aromatic nitrogens is 2. The Labute approximate surface area is 128 Å². The number of hydrogen-bond acceptors (Lipinski definition) is 3. The molecule has 22 heavy (non-hydrogen) atoms. The second kappa shape index (κ2) is 5.42. The Kier molecular flexibility index (Phi) is 3.58. The zero-order valence-electron chi connectivity index (χ0n) is 12.8. The quantitative estimate of drug-likeness (QED) is 0.808. The fourth-order valence-electron chi connectivity index (χ4n) is 2.67. The van der Waals surface area contributed by atoms with Gasteiger partial charge in [0.15, 0.2) is 0 Å². The molecule has 1 N–H and O–H groups in total. The van der Waals surface area contributed by atoms with Crippen molar-refractivity contribution in [2.45, 2.75) is 6.54 Å². The normalized spacial score (nSPS) is 11.5. The van der Waals surface area contributed by atoms with Gasteiger partial charge in [0.2, 0.25) is 0 Å². The Bertz CT molecular complexity index is 839. The highest BCUT2D eigenvalue weighted by atomic mass is 19.1. The summed E-state index contributed by atoms with van der Waals surface area (Å²) < 4.78 is 15.0. The number of aryl methyl sites for hydroxylation is 1. The molecule has 0 fully saturated rings. The maximum Gasteiger partial charge on any atom is 0.126 e. The summed E-state index contributed by atoms with van der Waals surface area (Å²) in [5, 5.41) is 15.6. The van der Waals surface area contributed by atoms with Gasteiger partial charge in [-0.1, -0.05) is 6.07 Å². The third kappa shape index (κ3) is 2.55. The predicted molar refractivity (Wildman–Crippen MR) is 85.2 cm³/mol. The first-order valence-electron chi connectivity index (χ1n) is 7.05. The molecule has 0 aliphatic carbocycles. The third-order valence-electron chi connectivity index (χ3n) is 3.66. The van der Waals surface area contributed by atoms with Crippen LogP contribution in [0.15, 0.2) is 36.4 Å². The molecule has 0 bridgehead atoms. The SMILES string of the molecule is CN(C)Cc1nn(C)c2ccc(-c3ccc(F)cc3O)cc12. The van der Waals surface area contributed by atoms with Crippen LogP contribution in [-0.4, -0.2) is 33.9 Å². The molecule has 0 saturated carbocycles. The number of hydrogen-bond donors (Lipinski definition) is 1. The van der Waals surface area contributed by atoms with Gasteiger partial charge in [-0.2, -0.15) is 5.10 Å². The van der Waals surface area contributed by atoms with Crippen LogP contribution >= 0.6 is 0 Å². The van der Waals surface area contributed by atoms with E-state index in [0.717, 1.165) is 34.8 Å². The van der Waals surface area contributed by atoms with E-state index in [-0.39, 0.29) is 5.75 Å². The van der Waals surface area contributed by atoms with Crippen LogP contribution in [0.2, 0.25) is 0 Å². The predicted octanol–water partition coefficient (Wildman–Crippen LogP) is 3.15. The fourth-order valence-corrected chi connectivity index (χ4v) is 2.67. The van der Waals surface area contributed by atoms with Gasteiger partial charge in [0.25, 0.3) is 0 Å². The average molecular weight is 299 g/mol. The largest absolute Gasteiger partial charge is 0.507 e. The lowest BCUT2D eigenvalue weighted by Gasteiger charge is -2.08. The van der Waals surface area contributed by atoms with Gasteiger partial charge in [-0.3, -0.25) is 4.68 Å². The molecule has 3 aromatic rings. The van der Waals surface area contributed by atoms with Crippen molar-refractivity contribution < 1.29 is 9.50 Å². The van der Waals surface area contributed by atoms with Crippen LogP contribution in [0, 0.1) is 5.82 Å². The van der Waals surface area contributed by atoms with Crippen molar-refractivity contribution in [2.24, 2.45) is 7.05 Å². The monoisotopic (exact) mass is 299 g/mol. The molecular weight excluding hydrogens is 281 g/mol. The summed E-state index contributed by atoms with van der Waals surface area (Å²) in [7, 11) is 5.91. The number of fused-ring (bicyclic) bond motifs is 1. The van der Waals surface area contributed by atoms with E-state index in [9.17, 15) is 9.50 Å². The highest BCUT2D eigenvalue weighted by molar-refractivity contribution is 5.88. The summed E-state index contributed by atoms with van der Waals surface area (Å²) in [6.07, 6.45) is 0. The summed E-state index contributed by atoms with van der Waals surface area (Å²) >= 11 is 0. The molecule has 0 radical (unpaired) electrons. The van der Waals surface area contributed by atoms with Gasteiger partial charge in [-0.15, -0.1) is 0 Å². The highest BCUT2D eigenvalue weighted by Gasteiger charge is 2.12. The van der Waals surface area contributed by atoms with E-state index in [4.69, 9.17) is 0 Å².